The largest absolute Gasteiger partial charge is 0.491 e. The second-order valence-electron chi connectivity index (χ2n) is 5.25. The molecule has 0 radical (unpaired) electrons. The maximum Gasteiger partial charge on any atom is 0.251 e. The Morgan fingerprint density at radius 3 is 2.52 bits per heavy atom. The highest BCUT2D eigenvalue weighted by molar-refractivity contribution is 5.94. The van der Waals surface area contributed by atoms with Crippen molar-refractivity contribution in [3.05, 3.63) is 47.3 Å². The van der Waals surface area contributed by atoms with E-state index in [1.54, 1.807) is 23.0 Å². The Kier molecular flexibility index (Phi) is 4.62. The second kappa shape index (κ2) is 6.43. The Labute approximate surface area is 124 Å². The zero-order chi connectivity index (χ0) is 15.4. The van der Waals surface area contributed by atoms with E-state index in [0.29, 0.717) is 12.1 Å². The van der Waals surface area contributed by atoms with E-state index in [1.807, 2.05) is 40.0 Å². The summed E-state index contributed by atoms with van der Waals surface area (Å²) in [5.74, 6) is 0.666. The molecule has 0 saturated heterocycles. The lowest BCUT2D eigenvalue weighted by Crippen LogP contribution is -2.23. The van der Waals surface area contributed by atoms with Crippen molar-refractivity contribution in [3.8, 4) is 5.75 Å². The summed E-state index contributed by atoms with van der Waals surface area (Å²) in [6, 6.07) is 7.15. The van der Waals surface area contributed by atoms with Gasteiger partial charge in [-0.15, -0.1) is 0 Å². The van der Waals surface area contributed by atoms with Crippen LogP contribution in [0, 0.1) is 6.92 Å². The van der Waals surface area contributed by atoms with E-state index < -0.39 is 0 Å². The summed E-state index contributed by atoms with van der Waals surface area (Å²) in [6.07, 6.45) is 1.90. The van der Waals surface area contributed by atoms with E-state index in [2.05, 4.69) is 10.4 Å². The average molecular weight is 287 g/mol. The highest BCUT2D eigenvalue weighted by atomic mass is 16.5. The number of hydrogen-bond acceptors (Lipinski definition) is 3. The van der Waals surface area contributed by atoms with Gasteiger partial charge in [-0.1, -0.05) is 0 Å². The normalized spacial score (nSPS) is 10.7. The van der Waals surface area contributed by atoms with E-state index >= 15 is 0 Å². The fourth-order valence-electron chi connectivity index (χ4n) is 1.95. The van der Waals surface area contributed by atoms with Gasteiger partial charge in [-0.2, -0.15) is 5.10 Å². The Morgan fingerprint density at radius 1 is 1.33 bits per heavy atom. The molecule has 0 unspecified atom stereocenters. The summed E-state index contributed by atoms with van der Waals surface area (Å²) in [7, 11) is 1.88. The van der Waals surface area contributed by atoms with Crippen LogP contribution < -0.4 is 10.1 Å². The van der Waals surface area contributed by atoms with Crippen molar-refractivity contribution < 1.29 is 9.53 Å². The Hall–Kier alpha value is -2.30. The molecule has 0 bridgehead atoms. The highest BCUT2D eigenvalue weighted by Crippen LogP contribution is 2.14. The second-order valence-corrected chi connectivity index (χ2v) is 5.25. The molecule has 0 saturated carbocycles. The lowest BCUT2D eigenvalue weighted by atomic mass is 10.2. The first-order valence-corrected chi connectivity index (χ1v) is 6.99. The topological polar surface area (TPSA) is 56.1 Å². The molecule has 0 fully saturated rings. The van der Waals surface area contributed by atoms with Crippen LogP contribution in [0.25, 0.3) is 0 Å². The molecule has 112 valence electrons. The number of rotatable bonds is 5. The Morgan fingerprint density at radius 2 is 2.00 bits per heavy atom. The standard InChI is InChI=1S/C16H21N3O2/c1-11(2)21-15-7-5-13(6-8-15)16(20)17-9-14-10-18-19(4)12(14)3/h5-8,10-11H,9H2,1-4H3,(H,17,20). The molecule has 1 aromatic heterocycles. The van der Waals surface area contributed by atoms with E-state index in [1.165, 1.54) is 0 Å². The summed E-state index contributed by atoms with van der Waals surface area (Å²) < 4.78 is 7.35. The number of benzene rings is 1. The monoisotopic (exact) mass is 287 g/mol. The molecule has 21 heavy (non-hydrogen) atoms. The van der Waals surface area contributed by atoms with Gasteiger partial charge in [0.25, 0.3) is 5.91 Å². The van der Waals surface area contributed by atoms with Crippen LogP contribution in [-0.4, -0.2) is 21.8 Å². The number of carbonyl (C=O) groups excluding carboxylic acids is 1. The minimum Gasteiger partial charge on any atom is -0.491 e. The number of carbonyl (C=O) groups is 1. The van der Waals surface area contributed by atoms with E-state index in [4.69, 9.17) is 4.74 Å². The van der Waals surface area contributed by atoms with Crippen molar-refractivity contribution in [1.29, 1.82) is 0 Å². The summed E-state index contributed by atoms with van der Waals surface area (Å²) in [4.78, 5) is 12.1. The predicted octanol–water partition coefficient (Wildman–Crippen LogP) is 2.45. The van der Waals surface area contributed by atoms with Crippen molar-refractivity contribution >= 4 is 5.91 Å². The predicted molar refractivity (Wildman–Crippen MR) is 81.3 cm³/mol. The summed E-state index contributed by atoms with van der Waals surface area (Å²) in [6.45, 7) is 6.39. The summed E-state index contributed by atoms with van der Waals surface area (Å²) in [5, 5.41) is 7.05. The molecule has 0 aliphatic heterocycles. The maximum atomic E-state index is 12.1. The number of nitrogens with zero attached hydrogens (tertiary/aromatic N) is 2. The fraction of sp³-hybridized carbons (Fsp3) is 0.375. The third-order valence-corrected chi connectivity index (χ3v) is 3.26. The molecule has 0 atom stereocenters. The van der Waals surface area contributed by atoms with Crippen LogP contribution in [0.5, 0.6) is 5.75 Å². The van der Waals surface area contributed by atoms with Gasteiger partial charge < -0.3 is 10.1 Å². The average Bonchev–Trinajstić information content (AvgIpc) is 2.76. The van der Waals surface area contributed by atoms with Crippen LogP contribution in [0.3, 0.4) is 0 Å². The van der Waals surface area contributed by atoms with E-state index in [9.17, 15) is 4.79 Å². The number of amides is 1. The fourth-order valence-corrected chi connectivity index (χ4v) is 1.95. The van der Waals surface area contributed by atoms with Crippen LogP contribution in [0.1, 0.15) is 35.5 Å². The Balaban J connectivity index is 1.95. The zero-order valence-corrected chi connectivity index (χ0v) is 12.9. The molecule has 2 aromatic rings. The third-order valence-electron chi connectivity index (χ3n) is 3.26. The molecule has 5 nitrogen and oxygen atoms in total. The van der Waals surface area contributed by atoms with Crippen molar-refractivity contribution in [1.82, 2.24) is 15.1 Å². The summed E-state index contributed by atoms with van der Waals surface area (Å²) >= 11 is 0. The first-order valence-electron chi connectivity index (χ1n) is 6.99. The number of aromatic nitrogens is 2. The van der Waals surface area contributed by atoms with Gasteiger partial charge in [0.15, 0.2) is 0 Å². The molecule has 1 heterocycles. The lowest BCUT2D eigenvalue weighted by molar-refractivity contribution is 0.0951. The van der Waals surface area contributed by atoms with Crippen LogP contribution in [0.4, 0.5) is 0 Å². The SMILES string of the molecule is Cc1c(CNC(=O)c2ccc(OC(C)C)cc2)cnn1C. The smallest absolute Gasteiger partial charge is 0.251 e. The van der Waals surface area contributed by atoms with E-state index in [0.717, 1.165) is 17.0 Å². The van der Waals surface area contributed by atoms with Crippen molar-refractivity contribution in [2.75, 3.05) is 0 Å². The van der Waals surface area contributed by atoms with Crippen molar-refractivity contribution in [3.63, 3.8) is 0 Å². The van der Waals surface area contributed by atoms with Crippen LogP contribution in [-0.2, 0) is 13.6 Å². The van der Waals surface area contributed by atoms with Crippen molar-refractivity contribution in [2.45, 2.75) is 33.4 Å². The molecule has 2 rings (SSSR count). The van der Waals surface area contributed by atoms with Crippen LogP contribution in [0.2, 0.25) is 0 Å². The number of nitrogens with one attached hydrogen (secondary N) is 1. The van der Waals surface area contributed by atoms with Crippen LogP contribution in [0.15, 0.2) is 30.5 Å². The first-order chi connectivity index (χ1) is 9.97. The third kappa shape index (κ3) is 3.84. The minimum atomic E-state index is -0.102. The van der Waals surface area contributed by atoms with Gasteiger partial charge in [0.05, 0.1) is 12.3 Å². The van der Waals surface area contributed by atoms with Gasteiger partial charge in [-0.25, -0.2) is 0 Å². The van der Waals surface area contributed by atoms with Gasteiger partial charge in [0.1, 0.15) is 5.75 Å². The number of hydrogen-bond donors (Lipinski definition) is 1. The lowest BCUT2D eigenvalue weighted by Gasteiger charge is -2.10. The maximum absolute atomic E-state index is 12.1. The van der Waals surface area contributed by atoms with Crippen LogP contribution >= 0.6 is 0 Å². The molecule has 0 spiro atoms. The first kappa shape index (κ1) is 15.1. The minimum absolute atomic E-state index is 0.102. The zero-order valence-electron chi connectivity index (χ0n) is 12.9. The molecular weight excluding hydrogens is 266 g/mol. The van der Waals surface area contributed by atoms with Gasteiger partial charge in [0, 0.05) is 30.4 Å². The quantitative estimate of drug-likeness (QED) is 0.919. The van der Waals surface area contributed by atoms with Gasteiger partial charge in [-0.05, 0) is 45.0 Å². The molecule has 5 heteroatoms. The van der Waals surface area contributed by atoms with Gasteiger partial charge in [-0.3, -0.25) is 9.48 Å². The number of ether oxygens (including phenoxy) is 1. The van der Waals surface area contributed by atoms with Crippen molar-refractivity contribution in [2.24, 2.45) is 7.05 Å². The molecule has 1 amide bonds. The molecule has 1 N–H and O–H groups in total. The highest BCUT2D eigenvalue weighted by Gasteiger charge is 2.08. The van der Waals surface area contributed by atoms with Gasteiger partial charge in [0.2, 0.25) is 0 Å². The summed E-state index contributed by atoms with van der Waals surface area (Å²) in [5.41, 5.74) is 2.69. The molecular formula is C16H21N3O2. The van der Waals surface area contributed by atoms with E-state index in [-0.39, 0.29) is 12.0 Å². The van der Waals surface area contributed by atoms with Gasteiger partial charge >= 0.3 is 0 Å². The molecule has 0 aliphatic rings. The molecule has 1 aromatic carbocycles. The molecule has 0 aliphatic carbocycles. The Bertz CT molecular complexity index is 615. The number of aryl methyl sites for hydroxylation is 1.